The first-order valence-electron chi connectivity index (χ1n) is 17.4. The van der Waals surface area contributed by atoms with E-state index in [-0.39, 0.29) is 0 Å². The quantitative estimate of drug-likeness (QED) is 0.187. The van der Waals surface area contributed by atoms with Crippen LogP contribution in [0.4, 0.5) is 17.1 Å². The zero-order valence-corrected chi connectivity index (χ0v) is 27.9. The topological polar surface area (TPSA) is 55.1 Å². The van der Waals surface area contributed by atoms with Gasteiger partial charge in [0.25, 0.3) is 0 Å². The van der Waals surface area contributed by atoms with Crippen LogP contribution in [0.1, 0.15) is 0 Å². The van der Waals surface area contributed by atoms with E-state index in [2.05, 4.69) is 114 Å². The number of benzene rings is 8. The highest BCUT2D eigenvalue weighted by molar-refractivity contribution is 6.15. The van der Waals surface area contributed by atoms with E-state index in [1.165, 1.54) is 32.7 Å². The van der Waals surface area contributed by atoms with Crippen molar-refractivity contribution in [2.24, 2.45) is 0 Å². The summed E-state index contributed by atoms with van der Waals surface area (Å²) in [6.07, 6.45) is 0. The van der Waals surface area contributed by atoms with Gasteiger partial charge in [-0.15, -0.1) is 0 Å². The van der Waals surface area contributed by atoms with Crippen molar-refractivity contribution in [1.82, 2.24) is 15.0 Å². The van der Waals surface area contributed by atoms with Gasteiger partial charge in [-0.2, -0.15) is 0 Å². The second-order valence-electron chi connectivity index (χ2n) is 13.3. The van der Waals surface area contributed by atoms with E-state index in [1.807, 2.05) is 60.7 Å². The monoisotopic (exact) mass is 664 g/mol. The molecule has 52 heavy (non-hydrogen) atoms. The number of rotatable bonds is 4. The number of para-hydroxylation sites is 1. The molecule has 3 heterocycles. The van der Waals surface area contributed by atoms with Gasteiger partial charge in [0.1, 0.15) is 11.2 Å². The summed E-state index contributed by atoms with van der Waals surface area (Å²) in [6, 6.07) is 59.4. The molecule has 0 N–H and O–H groups in total. The third kappa shape index (κ3) is 4.46. The zero-order chi connectivity index (χ0) is 34.2. The van der Waals surface area contributed by atoms with Crippen molar-refractivity contribution in [2.45, 2.75) is 0 Å². The molecular formula is C47H28N4O. The zero-order valence-electron chi connectivity index (χ0n) is 27.9. The predicted octanol–water partition coefficient (Wildman–Crippen LogP) is 12.5. The number of aromatic nitrogens is 3. The normalized spacial score (nSPS) is 12.2. The second kappa shape index (κ2) is 11.2. The molecule has 5 nitrogen and oxygen atoms in total. The Labute approximate surface area is 299 Å². The number of hydrogen-bond acceptors (Lipinski definition) is 5. The molecule has 10 aromatic rings. The van der Waals surface area contributed by atoms with Crippen molar-refractivity contribution in [3.63, 3.8) is 0 Å². The van der Waals surface area contributed by atoms with Crippen molar-refractivity contribution in [1.29, 1.82) is 0 Å². The summed E-state index contributed by atoms with van der Waals surface area (Å²) in [7, 11) is 0. The van der Waals surface area contributed by atoms with Crippen LogP contribution in [-0.4, -0.2) is 15.0 Å². The SMILES string of the molecule is c1ccc(-c2nc(-c3cccc(N4c5cc6ccccc6cc5-c5cccc6cccc4c56)c3)nc(-c3ccc4oc5ccccc5c4c3)n2)cc1. The predicted molar refractivity (Wildman–Crippen MR) is 212 cm³/mol. The van der Waals surface area contributed by atoms with E-state index >= 15 is 0 Å². The van der Waals surface area contributed by atoms with Crippen LogP contribution in [0.3, 0.4) is 0 Å². The highest BCUT2D eigenvalue weighted by Gasteiger charge is 2.27. The largest absolute Gasteiger partial charge is 0.456 e. The first-order chi connectivity index (χ1) is 25.7. The Morgan fingerprint density at radius 1 is 0.385 bits per heavy atom. The molecule has 2 aromatic heterocycles. The molecule has 0 aliphatic carbocycles. The van der Waals surface area contributed by atoms with E-state index in [9.17, 15) is 0 Å². The van der Waals surface area contributed by atoms with Gasteiger partial charge in [0.05, 0.1) is 11.4 Å². The second-order valence-corrected chi connectivity index (χ2v) is 13.3. The maximum atomic E-state index is 6.13. The van der Waals surface area contributed by atoms with Crippen molar-refractivity contribution in [3.05, 3.63) is 170 Å². The Hall–Kier alpha value is -7.11. The van der Waals surface area contributed by atoms with Gasteiger partial charge in [0, 0.05) is 44.1 Å². The molecule has 0 spiro atoms. The summed E-state index contributed by atoms with van der Waals surface area (Å²) in [5.41, 5.74) is 10.2. The highest BCUT2D eigenvalue weighted by atomic mass is 16.3. The lowest BCUT2D eigenvalue weighted by atomic mass is 9.89. The number of nitrogens with zero attached hydrogens (tertiary/aromatic N) is 4. The van der Waals surface area contributed by atoms with E-state index in [4.69, 9.17) is 19.4 Å². The number of furan rings is 1. The maximum Gasteiger partial charge on any atom is 0.164 e. The van der Waals surface area contributed by atoms with Crippen LogP contribution >= 0.6 is 0 Å². The van der Waals surface area contributed by atoms with Crippen LogP contribution in [-0.2, 0) is 0 Å². The smallest absolute Gasteiger partial charge is 0.164 e. The molecule has 8 aromatic carbocycles. The first kappa shape index (κ1) is 28.7. The van der Waals surface area contributed by atoms with Crippen LogP contribution in [0.2, 0.25) is 0 Å². The van der Waals surface area contributed by atoms with Crippen LogP contribution in [0, 0.1) is 0 Å². The van der Waals surface area contributed by atoms with Crippen LogP contribution < -0.4 is 4.90 Å². The Morgan fingerprint density at radius 2 is 1.02 bits per heavy atom. The van der Waals surface area contributed by atoms with Crippen LogP contribution in [0.5, 0.6) is 0 Å². The minimum atomic E-state index is 0.606. The van der Waals surface area contributed by atoms with Gasteiger partial charge in [0.15, 0.2) is 17.5 Å². The fourth-order valence-electron chi connectivity index (χ4n) is 7.77. The molecule has 0 fully saturated rings. The minimum Gasteiger partial charge on any atom is -0.456 e. The third-order valence-electron chi connectivity index (χ3n) is 10.2. The summed E-state index contributed by atoms with van der Waals surface area (Å²) >= 11 is 0. The first-order valence-corrected chi connectivity index (χ1v) is 17.4. The average molecular weight is 665 g/mol. The van der Waals surface area contributed by atoms with Gasteiger partial charge >= 0.3 is 0 Å². The minimum absolute atomic E-state index is 0.606. The maximum absolute atomic E-state index is 6.13. The molecule has 0 atom stereocenters. The summed E-state index contributed by atoms with van der Waals surface area (Å²) < 4.78 is 6.13. The molecule has 0 radical (unpaired) electrons. The molecule has 0 bridgehead atoms. The lowest BCUT2D eigenvalue weighted by Gasteiger charge is -2.34. The molecule has 0 saturated carbocycles. The van der Waals surface area contributed by atoms with Crippen LogP contribution in [0.15, 0.2) is 174 Å². The van der Waals surface area contributed by atoms with E-state index in [0.717, 1.165) is 55.7 Å². The Morgan fingerprint density at radius 3 is 1.87 bits per heavy atom. The molecule has 1 aliphatic heterocycles. The van der Waals surface area contributed by atoms with Gasteiger partial charge < -0.3 is 9.32 Å². The Kier molecular flexibility index (Phi) is 6.18. The standard InChI is InChI=1S/C47H28N4O/c1-2-11-30(12-3-1)45-48-46(50-47(49-45)34-23-24-43-39(27-34)36-19-6-7-22-42(36)52-43)33-17-8-18-35(25-33)51-40-21-10-16-29-15-9-20-37(44(29)40)38-26-31-13-4-5-14-32(31)28-41(38)51/h1-28H. The van der Waals surface area contributed by atoms with Crippen molar-refractivity contribution in [3.8, 4) is 45.3 Å². The van der Waals surface area contributed by atoms with Crippen molar-refractivity contribution < 1.29 is 4.42 Å². The molecule has 242 valence electrons. The Bertz CT molecular complexity index is 3030. The van der Waals surface area contributed by atoms with Gasteiger partial charge in [-0.3, -0.25) is 0 Å². The third-order valence-corrected chi connectivity index (χ3v) is 10.2. The average Bonchev–Trinajstić information content (AvgIpc) is 3.59. The summed E-state index contributed by atoms with van der Waals surface area (Å²) in [6.45, 7) is 0. The highest BCUT2D eigenvalue weighted by Crippen LogP contribution is 2.52. The molecule has 5 heteroatoms. The van der Waals surface area contributed by atoms with E-state index in [1.54, 1.807) is 0 Å². The molecule has 0 unspecified atom stereocenters. The summed E-state index contributed by atoms with van der Waals surface area (Å²) in [5, 5.41) is 6.98. The van der Waals surface area contributed by atoms with Gasteiger partial charge in [-0.05, 0) is 76.3 Å². The lowest BCUT2D eigenvalue weighted by Crippen LogP contribution is -2.15. The van der Waals surface area contributed by atoms with E-state index in [0.29, 0.717) is 17.5 Å². The molecule has 1 aliphatic rings. The summed E-state index contributed by atoms with van der Waals surface area (Å²) in [5.74, 6) is 1.84. The lowest BCUT2D eigenvalue weighted by molar-refractivity contribution is 0.669. The van der Waals surface area contributed by atoms with Crippen LogP contribution in [0.25, 0.3) is 88.8 Å². The molecule has 11 rings (SSSR count). The van der Waals surface area contributed by atoms with Crippen molar-refractivity contribution in [2.75, 3.05) is 4.90 Å². The Balaban J connectivity index is 1.11. The van der Waals surface area contributed by atoms with E-state index < -0.39 is 0 Å². The van der Waals surface area contributed by atoms with Gasteiger partial charge in [-0.25, -0.2) is 15.0 Å². The number of fused-ring (bicyclic) bond motifs is 6. The molecule has 0 amide bonds. The molecular weight excluding hydrogens is 637 g/mol. The van der Waals surface area contributed by atoms with Crippen molar-refractivity contribution >= 4 is 60.5 Å². The fraction of sp³-hybridized carbons (Fsp3) is 0. The summed E-state index contributed by atoms with van der Waals surface area (Å²) in [4.78, 5) is 17.7. The van der Waals surface area contributed by atoms with Gasteiger partial charge in [0.2, 0.25) is 0 Å². The number of hydrogen-bond donors (Lipinski definition) is 0. The number of anilines is 3. The van der Waals surface area contributed by atoms with Gasteiger partial charge in [-0.1, -0.05) is 115 Å². The molecule has 0 saturated heterocycles. The fourth-order valence-corrected chi connectivity index (χ4v) is 7.77.